The molecular formula is C27H30N2O4S2. The lowest BCUT2D eigenvalue weighted by molar-refractivity contribution is 0.0733. The molecular weight excluding hydrogens is 480 g/mol. The van der Waals surface area contributed by atoms with Gasteiger partial charge in [-0.05, 0) is 72.2 Å². The van der Waals surface area contributed by atoms with Crippen molar-refractivity contribution in [3.63, 3.8) is 0 Å². The third-order valence-electron chi connectivity index (χ3n) is 6.79. The molecule has 184 valence electrons. The molecule has 8 heteroatoms. The largest absolute Gasteiger partial charge is 0.490 e. The lowest BCUT2D eigenvalue weighted by atomic mass is 9.72. The highest BCUT2D eigenvalue weighted by molar-refractivity contribution is 7.16. The van der Waals surface area contributed by atoms with E-state index in [0.717, 1.165) is 35.4 Å². The van der Waals surface area contributed by atoms with Gasteiger partial charge in [0.05, 0.1) is 12.2 Å². The zero-order chi connectivity index (χ0) is 24.7. The molecule has 0 fully saturated rings. The number of nitrogens with one attached hydrogen (secondary N) is 2. The van der Waals surface area contributed by atoms with Gasteiger partial charge in [-0.3, -0.25) is 4.79 Å². The van der Waals surface area contributed by atoms with E-state index in [1.165, 1.54) is 21.8 Å². The summed E-state index contributed by atoms with van der Waals surface area (Å²) in [6.45, 7) is 9.21. The molecule has 3 aromatic rings. The van der Waals surface area contributed by atoms with Gasteiger partial charge in [-0.1, -0.05) is 32.9 Å². The first-order valence-electron chi connectivity index (χ1n) is 12.0. The Morgan fingerprint density at radius 3 is 2.71 bits per heavy atom. The van der Waals surface area contributed by atoms with E-state index in [2.05, 4.69) is 31.4 Å². The quantitative estimate of drug-likeness (QED) is 0.305. The van der Waals surface area contributed by atoms with Crippen LogP contribution in [0.3, 0.4) is 0 Å². The number of fused-ring (bicyclic) bond motifs is 3. The number of benzene rings is 1. The van der Waals surface area contributed by atoms with Gasteiger partial charge in [0, 0.05) is 4.88 Å². The van der Waals surface area contributed by atoms with Crippen molar-refractivity contribution in [1.82, 2.24) is 5.32 Å². The van der Waals surface area contributed by atoms with Crippen LogP contribution >= 0.6 is 22.7 Å². The Hall–Kier alpha value is -2.84. The number of carbonyl (C=O) groups excluding carboxylic acids is 2. The van der Waals surface area contributed by atoms with E-state index in [4.69, 9.17) is 9.47 Å². The third-order valence-corrected chi connectivity index (χ3v) is 8.83. The van der Waals surface area contributed by atoms with Crippen molar-refractivity contribution in [3.8, 4) is 11.5 Å². The van der Waals surface area contributed by atoms with Crippen molar-refractivity contribution >= 4 is 39.6 Å². The predicted molar refractivity (Wildman–Crippen MR) is 140 cm³/mol. The van der Waals surface area contributed by atoms with Crippen molar-refractivity contribution < 1.29 is 19.1 Å². The molecule has 1 amide bonds. The number of rotatable bonds is 5. The van der Waals surface area contributed by atoms with Gasteiger partial charge in [-0.15, -0.1) is 22.7 Å². The fourth-order valence-electron chi connectivity index (χ4n) is 4.81. The number of ether oxygens (including phenoxy) is 2. The molecule has 2 N–H and O–H groups in total. The van der Waals surface area contributed by atoms with Crippen LogP contribution in [0.5, 0.6) is 11.5 Å². The molecule has 3 heterocycles. The molecule has 0 saturated heterocycles. The topological polar surface area (TPSA) is 76.7 Å². The first kappa shape index (κ1) is 23.9. The van der Waals surface area contributed by atoms with Crippen LogP contribution in [0.2, 0.25) is 0 Å². The number of anilines is 1. The van der Waals surface area contributed by atoms with E-state index in [0.29, 0.717) is 28.9 Å². The Bertz CT molecular complexity index is 1260. The van der Waals surface area contributed by atoms with E-state index in [1.807, 2.05) is 30.5 Å². The van der Waals surface area contributed by atoms with E-state index in [1.54, 1.807) is 23.5 Å². The van der Waals surface area contributed by atoms with Crippen LogP contribution in [0.1, 0.15) is 76.3 Å². The maximum Gasteiger partial charge on any atom is 0.353 e. The lowest BCUT2D eigenvalue weighted by Crippen LogP contribution is -2.38. The number of thiophene rings is 2. The third kappa shape index (κ3) is 4.69. The van der Waals surface area contributed by atoms with Gasteiger partial charge >= 0.3 is 5.97 Å². The Morgan fingerprint density at radius 1 is 1.17 bits per heavy atom. The minimum atomic E-state index is -0.417. The second-order valence-corrected chi connectivity index (χ2v) is 12.1. The summed E-state index contributed by atoms with van der Waals surface area (Å²) in [7, 11) is 0. The normalized spacial score (nSPS) is 19.3. The van der Waals surface area contributed by atoms with Crippen molar-refractivity contribution in [2.24, 2.45) is 11.3 Å². The van der Waals surface area contributed by atoms with Crippen LogP contribution in [-0.2, 0) is 12.8 Å². The van der Waals surface area contributed by atoms with E-state index in [9.17, 15) is 9.59 Å². The number of hydrogen-bond acceptors (Lipinski definition) is 7. The summed E-state index contributed by atoms with van der Waals surface area (Å²) in [6, 6.07) is 8.94. The highest BCUT2D eigenvalue weighted by atomic mass is 32.1. The zero-order valence-electron chi connectivity index (χ0n) is 20.4. The summed E-state index contributed by atoms with van der Waals surface area (Å²) in [5, 5.41) is 9.41. The molecule has 2 aromatic heterocycles. The second-order valence-electron chi connectivity index (χ2n) is 10.1. The highest BCUT2D eigenvalue weighted by Gasteiger charge is 2.36. The molecule has 5 rings (SSSR count). The van der Waals surface area contributed by atoms with E-state index in [-0.39, 0.29) is 11.3 Å². The van der Waals surface area contributed by atoms with E-state index < -0.39 is 12.1 Å². The first-order chi connectivity index (χ1) is 16.7. The number of carbonyl (C=O) groups is 2. The summed E-state index contributed by atoms with van der Waals surface area (Å²) in [6.07, 6.45) is 2.69. The summed E-state index contributed by atoms with van der Waals surface area (Å²) in [5.41, 5.74) is 3.10. The monoisotopic (exact) mass is 510 g/mol. The maximum absolute atomic E-state index is 13.2. The second kappa shape index (κ2) is 9.32. The molecule has 0 radical (unpaired) electrons. The van der Waals surface area contributed by atoms with Gasteiger partial charge in [0.15, 0.2) is 11.5 Å². The van der Waals surface area contributed by atoms with Crippen LogP contribution in [0, 0.1) is 11.3 Å². The molecule has 35 heavy (non-hydrogen) atoms. The Kier molecular flexibility index (Phi) is 6.36. The fourth-order valence-corrected chi connectivity index (χ4v) is 6.76. The van der Waals surface area contributed by atoms with E-state index >= 15 is 0 Å². The molecule has 6 nitrogen and oxygen atoms in total. The van der Waals surface area contributed by atoms with Crippen molar-refractivity contribution in [3.05, 3.63) is 62.2 Å². The van der Waals surface area contributed by atoms with Crippen LogP contribution in [0.15, 0.2) is 35.7 Å². The minimum Gasteiger partial charge on any atom is -0.490 e. The van der Waals surface area contributed by atoms with Gasteiger partial charge in [-0.25, -0.2) is 4.79 Å². The maximum atomic E-state index is 13.2. The number of hydrogen-bond donors (Lipinski definition) is 2. The Labute approximate surface area is 213 Å². The SMILES string of the molecule is CCOc1cc([C@H]2NC(=O)c3c(sc4c3CC[C@@H](C(C)(C)C)C4)N2)ccc1OC(=O)c1cccs1. The molecule has 1 aromatic carbocycles. The average Bonchev–Trinajstić information content (AvgIpc) is 3.47. The standard InChI is InChI=1S/C27H30N2O4S2/c1-5-32-19-13-15(8-11-18(19)33-26(31)20-7-6-12-34-20)23-28-24(30)22-17-10-9-16(27(2,3)4)14-21(17)35-25(22)29-23/h6-8,11-13,16,23,29H,5,9-10,14H2,1-4H3,(H,28,30)/t16-,23+/m1/s1. The van der Waals surface area contributed by atoms with Crippen molar-refractivity contribution in [2.45, 2.75) is 53.1 Å². The molecule has 1 aliphatic carbocycles. The Morgan fingerprint density at radius 2 is 2.00 bits per heavy atom. The van der Waals surface area contributed by atoms with Gasteiger partial charge in [-0.2, -0.15) is 0 Å². The first-order valence-corrected chi connectivity index (χ1v) is 13.7. The summed E-state index contributed by atoms with van der Waals surface area (Å²) in [5.74, 6) is 0.987. The van der Waals surface area contributed by atoms with Gasteiger partial charge in [0.1, 0.15) is 16.0 Å². The smallest absolute Gasteiger partial charge is 0.353 e. The van der Waals surface area contributed by atoms with Crippen molar-refractivity contribution in [1.29, 1.82) is 0 Å². The highest BCUT2D eigenvalue weighted by Crippen LogP contribution is 2.46. The average molecular weight is 511 g/mol. The van der Waals surface area contributed by atoms with Crippen LogP contribution in [0.4, 0.5) is 5.00 Å². The fraction of sp³-hybridized carbons (Fsp3) is 0.407. The zero-order valence-corrected chi connectivity index (χ0v) is 22.0. The molecule has 0 spiro atoms. The van der Waals surface area contributed by atoms with Crippen LogP contribution in [-0.4, -0.2) is 18.5 Å². The van der Waals surface area contributed by atoms with Crippen molar-refractivity contribution in [2.75, 3.05) is 11.9 Å². The lowest BCUT2D eigenvalue weighted by Gasteiger charge is -2.34. The van der Waals surface area contributed by atoms with Crippen LogP contribution < -0.4 is 20.1 Å². The minimum absolute atomic E-state index is 0.0402. The molecule has 2 aliphatic rings. The number of amides is 1. The molecule has 0 unspecified atom stereocenters. The molecule has 1 aliphatic heterocycles. The molecule has 2 atom stereocenters. The molecule has 0 saturated carbocycles. The summed E-state index contributed by atoms with van der Waals surface area (Å²) >= 11 is 3.04. The van der Waals surface area contributed by atoms with Gasteiger partial charge in [0.2, 0.25) is 0 Å². The predicted octanol–water partition coefficient (Wildman–Crippen LogP) is 6.43. The Balaban J connectivity index is 1.39. The number of esters is 1. The summed E-state index contributed by atoms with van der Waals surface area (Å²) < 4.78 is 11.4. The van der Waals surface area contributed by atoms with Gasteiger partial charge in [0.25, 0.3) is 5.91 Å². The summed E-state index contributed by atoms with van der Waals surface area (Å²) in [4.78, 5) is 27.5. The molecule has 0 bridgehead atoms. The van der Waals surface area contributed by atoms with Gasteiger partial charge < -0.3 is 20.1 Å². The van der Waals surface area contributed by atoms with Crippen LogP contribution in [0.25, 0.3) is 0 Å².